The SMILES string of the molecule is CC1=C(C(=O)OC(C)C)C(c2cccc3ccccc23)n2nnnc2N1. The largest absolute Gasteiger partial charge is 0.459 e. The predicted molar refractivity (Wildman–Crippen MR) is 97.5 cm³/mol. The van der Waals surface area contributed by atoms with Crippen molar-refractivity contribution < 1.29 is 9.53 Å². The fourth-order valence-electron chi connectivity index (χ4n) is 3.33. The number of anilines is 1. The van der Waals surface area contributed by atoms with Crippen molar-refractivity contribution in [3.05, 3.63) is 59.3 Å². The molecule has 0 fully saturated rings. The minimum atomic E-state index is -0.460. The standard InChI is InChI=1S/C19H19N5O2/c1-11(2)26-18(25)16-12(3)20-19-21-22-23-24(19)17(16)15-10-6-8-13-7-4-5-9-14(13)15/h4-11,17H,1-3H3,(H,20,21,23). The second-order valence-corrected chi connectivity index (χ2v) is 6.54. The molecule has 2 aromatic carbocycles. The van der Waals surface area contributed by atoms with E-state index >= 15 is 0 Å². The average molecular weight is 349 g/mol. The van der Waals surface area contributed by atoms with Crippen molar-refractivity contribution in [3.8, 4) is 0 Å². The van der Waals surface area contributed by atoms with Gasteiger partial charge in [-0.2, -0.15) is 4.68 Å². The van der Waals surface area contributed by atoms with Gasteiger partial charge in [-0.1, -0.05) is 47.6 Å². The zero-order valence-electron chi connectivity index (χ0n) is 14.8. The van der Waals surface area contributed by atoms with Crippen molar-refractivity contribution in [1.82, 2.24) is 20.2 Å². The van der Waals surface area contributed by atoms with Gasteiger partial charge in [-0.05, 0) is 47.5 Å². The molecule has 0 amide bonds. The molecule has 7 heteroatoms. The summed E-state index contributed by atoms with van der Waals surface area (Å²) in [6, 6.07) is 13.6. The summed E-state index contributed by atoms with van der Waals surface area (Å²) in [5, 5.41) is 17.1. The fraction of sp³-hybridized carbons (Fsp3) is 0.263. The third-order valence-corrected chi connectivity index (χ3v) is 4.39. The number of ether oxygens (including phenoxy) is 1. The summed E-state index contributed by atoms with van der Waals surface area (Å²) in [6.07, 6.45) is -0.216. The molecule has 0 aliphatic carbocycles. The lowest BCUT2D eigenvalue weighted by molar-refractivity contribution is -0.143. The van der Waals surface area contributed by atoms with Gasteiger partial charge >= 0.3 is 5.97 Å². The number of rotatable bonds is 3. The molecule has 26 heavy (non-hydrogen) atoms. The van der Waals surface area contributed by atoms with E-state index in [9.17, 15) is 4.79 Å². The highest BCUT2D eigenvalue weighted by Crippen LogP contribution is 2.38. The summed E-state index contributed by atoms with van der Waals surface area (Å²) in [5.74, 6) is 0.130. The molecule has 0 spiro atoms. The zero-order valence-corrected chi connectivity index (χ0v) is 14.8. The zero-order chi connectivity index (χ0) is 18.3. The number of aromatic nitrogens is 4. The topological polar surface area (TPSA) is 81.9 Å². The van der Waals surface area contributed by atoms with Crippen LogP contribution in [0.3, 0.4) is 0 Å². The molecule has 1 atom stereocenters. The lowest BCUT2D eigenvalue weighted by Gasteiger charge is -2.28. The quantitative estimate of drug-likeness (QED) is 0.732. The Kier molecular flexibility index (Phi) is 3.91. The summed E-state index contributed by atoms with van der Waals surface area (Å²) >= 11 is 0. The second-order valence-electron chi connectivity index (χ2n) is 6.54. The van der Waals surface area contributed by atoms with Gasteiger partial charge in [0.1, 0.15) is 6.04 Å². The van der Waals surface area contributed by atoms with E-state index < -0.39 is 6.04 Å². The molecule has 132 valence electrons. The highest BCUT2D eigenvalue weighted by atomic mass is 16.5. The van der Waals surface area contributed by atoms with Gasteiger partial charge in [0, 0.05) is 5.70 Å². The molecule has 0 radical (unpaired) electrons. The van der Waals surface area contributed by atoms with Crippen LogP contribution >= 0.6 is 0 Å². The minimum Gasteiger partial charge on any atom is -0.459 e. The van der Waals surface area contributed by atoms with Crippen LogP contribution in [-0.2, 0) is 9.53 Å². The van der Waals surface area contributed by atoms with E-state index in [2.05, 4.69) is 20.8 Å². The molecule has 7 nitrogen and oxygen atoms in total. The number of hydrogen-bond donors (Lipinski definition) is 1. The third-order valence-electron chi connectivity index (χ3n) is 4.39. The smallest absolute Gasteiger partial charge is 0.338 e. The highest BCUT2D eigenvalue weighted by molar-refractivity contribution is 5.95. The number of allylic oxidation sites excluding steroid dienone is 1. The normalized spacial score (nSPS) is 16.5. The first-order chi connectivity index (χ1) is 12.6. The Bertz CT molecular complexity index is 1020. The molecular formula is C19H19N5O2. The van der Waals surface area contributed by atoms with Gasteiger partial charge in [0.2, 0.25) is 5.95 Å². The Morgan fingerprint density at radius 3 is 2.77 bits per heavy atom. The van der Waals surface area contributed by atoms with Gasteiger partial charge in [-0.25, -0.2) is 4.79 Å². The molecule has 1 N–H and O–H groups in total. The summed E-state index contributed by atoms with van der Waals surface area (Å²) in [6.45, 7) is 5.51. The van der Waals surface area contributed by atoms with Gasteiger partial charge in [-0.15, -0.1) is 0 Å². The van der Waals surface area contributed by atoms with Gasteiger partial charge < -0.3 is 10.1 Å². The van der Waals surface area contributed by atoms with Crippen LogP contribution in [0, 0.1) is 0 Å². The van der Waals surface area contributed by atoms with Crippen LogP contribution in [0.1, 0.15) is 32.4 Å². The van der Waals surface area contributed by atoms with Gasteiger partial charge in [0.05, 0.1) is 11.7 Å². The van der Waals surface area contributed by atoms with Crippen molar-refractivity contribution in [2.45, 2.75) is 32.9 Å². The molecule has 1 aliphatic rings. The van der Waals surface area contributed by atoms with E-state index in [1.54, 1.807) is 4.68 Å². The lowest BCUT2D eigenvalue weighted by atomic mass is 9.91. The Labute approximate surface area is 150 Å². The molecule has 3 aromatic rings. The number of tetrazole rings is 1. The van der Waals surface area contributed by atoms with Crippen LogP contribution < -0.4 is 5.32 Å². The number of esters is 1. The Morgan fingerprint density at radius 2 is 1.96 bits per heavy atom. The first-order valence-electron chi connectivity index (χ1n) is 8.50. The number of carbonyl (C=O) groups excluding carboxylic acids is 1. The predicted octanol–water partition coefficient (Wildman–Crippen LogP) is 3.07. The van der Waals surface area contributed by atoms with Gasteiger partial charge in [-0.3, -0.25) is 0 Å². The first kappa shape index (κ1) is 16.3. The summed E-state index contributed by atoms with van der Waals surface area (Å²) in [5.41, 5.74) is 2.15. The van der Waals surface area contributed by atoms with Crippen LogP contribution in [0.5, 0.6) is 0 Å². The van der Waals surface area contributed by atoms with E-state index in [0.29, 0.717) is 17.2 Å². The Morgan fingerprint density at radius 1 is 1.19 bits per heavy atom. The Hall–Kier alpha value is -3.22. The average Bonchev–Trinajstić information content (AvgIpc) is 3.07. The molecule has 0 saturated carbocycles. The Balaban J connectivity index is 1.94. The third kappa shape index (κ3) is 2.61. The maximum absolute atomic E-state index is 12.9. The number of fused-ring (bicyclic) bond motifs is 2. The maximum atomic E-state index is 12.9. The van der Waals surface area contributed by atoms with Crippen molar-refractivity contribution in [3.63, 3.8) is 0 Å². The highest BCUT2D eigenvalue weighted by Gasteiger charge is 2.35. The number of benzene rings is 2. The number of hydrogen-bond acceptors (Lipinski definition) is 6. The van der Waals surface area contributed by atoms with E-state index in [4.69, 9.17) is 4.74 Å². The molecule has 0 bridgehead atoms. The monoisotopic (exact) mass is 349 g/mol. The van der Waals surface area contributed by atoms with Crippen molar-refractivity contribution in [2.75, 3.05) is 5.32 Å². The molecule has 4 rings (SSSR count). The second kappa shape index (κ2) is 6.25. The van der Waals surface area contributed by atoms with Crippen LogP contribution in [-0.4, -0.2) is 32.3 Å². The van der Waals surface area contributed by atoms with E-state index in [1.807, 2.05) is 63.2 Å². The van der Waals surface area contributed by atoms with Crippen LogP contribution in [0.15, 0.2) is 53.7 Å². The van der Waals surface area contributed by atoms with E-state index in [0.717, 1.165) is 16.3 Å². The fourth-order valence-corrected chi connectivity index (χ4v) is 3.33. The van der Waals surface area contributed by atoms with Crippen LogP contribution in [0.2, 0.25) is 0 Å². The molecule has 1 aromatic heterocycles. The summed E-state index contributed by atoms with van der Waals surface area (Å²) in [4.78, 5) is 12.9. The van der Waals surface area contributed by atoms with Crippen molar-refractivity contribution in [1.29, 1.82) is 0 Å². The summed E-state index contributed by atoms with van der Waals surface area (Å²) < 4.78 is 7.13. The molecule has 1 unspecified atom stereocenters. The molecule has 0 saturated heterocycles. The first-order valence-corrected chi connectivity index (χ1v) is 8.50. The maximum Gasteiger partial charge on any atom is 0.338 e. The van der Waals surface area contributed by atoms with Crippen LogP contribution in [0.4, 0.5) is 5.95 Å². The molecule has 2 heterocycles. The number of nitrogens with one attached hydrogen (secondary N) is 1. The molecule has 1 aliphatic heterocycles. The van der Waals surface area contributed by atoms with E-state index in [1.165, 1.54) is 0 Å². The lowest BCUT2D eigenvalue weighted by Crippen LogP contribution is -2.30. The summed E-state index contributed by atoms with van der Waals surface area (Å²) in [7, 11) is 0. The van der Waals surface area contributed by atoms with Gasteiger partial charge in [0.25, 0.3) is 0 Å². The van der Waals surface area contributed by atoms with Crippen molar-refractivity contribution in [2.24, 2.45) is 0 Å². The number of nitrogens with zero attached hydrogens (tertiary/aromatic N) is 4. The number of carbonyl (C=O) groups is 1. The van der Waals surface area contributed by atoms with Crippen molar-refractivity contribution >= 4 is 22.7 Å². The molecular weight excluding hydrogens is 330 g/mol. The van der Waals surface area contributed by atoms with Gasteiger partial charge in [0.15, 0.2) is 0 Å². The van der Waals surface area contributed by atoms with E-state index in [-0.39, 0.29) is 12.1 Å². The minimum absolute atomic E-state index is 0.216. The van der Waals surface area contributed by atoms with Crippen LogP contribution in [0.25, 0.3) is 10.8 Å².